The Kier molecular flexibility index (Phi) is 3.90. The predicted molar refractivity (Wildman–Crippen MR) is 68.5 cm³/mol. The minimum atomic E-state index is -0.794. The van der Waals surface area contributed by atoms with E-state index in [2.05, 4.69) is 5.16 Å². The van der Waals surface area contributed by atoms with Gasteiger partial charge in [0.25, 0.3) is 0 Å². The standard InChI is InChI=1S/C12H12ClFN2O3/c1-2-18-12(17)11-5-10(16-19-11)6-3-9(15)8(14)4-7(6)13/h3-4,11H,2,5,15H2,1H3. The fourth-order valence-electron chi connectivity index (χ4n) is 1.68. The molecule has 7 heteroatoms. The minimum absolute atomic E-state index is 0.0401. The van der Waals surface area contributed by atoms with E-state index < -0.39 is 17.9 Å². The van der Waals surface area contributed by atoms with Crippen molar-refractivity contribution in [3.63, 3.8) is 0 Å². The molecule has 0 aliphatic carbocycles. The van der Waals surface area contributed by atoms with Crippen LogP contribution in [0.1, 0.15) is 18.9 Å². The lowest BCUT2D eigenvalue weighted by Crippen LogP contribution is -2.23. The number of hydrogen-bond acceptors (Lipinski definition) is 5. The molecular weight excluding hydrogens is 275 g/mol. The molecule has 1 aromatic rings. The molecule has 102 valence electrons. The number of rotatable bonds is 3. The average Bonchev–Trinajstić information content (AvgIpc) is 2.83. The van der Waals surface area contributed by atoms with Crippen molar-refractivity contribution >= 4 is 29.0 Å². The van der Waals surface area contributed by atoms with E-state index in [4.69, 9.17) is 26.9 Å². The number of esters is 1. The molecule has 0 saturated heterocycles. The molecule has 19 heavy (non-hydrogen) atoms. The minimum Gasteiger partial charge on any atom is -0.463 e. The van der Waals surface area contributed by atoms with Gasteiger partial charge in [0.1, 0.15) is 5.82 Å². The van der Waals surface area contributed by atoms with Gasteiger partial charge < -0.3 is 15.3 Å². The number of hydrogen-bond donors (Lipinski definition) is 1. The summed E-state index contributed by atoms with van der Waals surface area (Å²) >= 11 is 5.92. The average molecular weight is 287 g/mol. The van der Waals surface area contributed by atoms with E-state index in [1.165, 1.54) is 6.07 Å². The van der Waals surface area contributed by atoms with Crippen LogP contribution in [0.25, 0.3) is 0 Å². The molecule has 1 aliphatic rings. The smallest absolute Gasteiger partial charge is 0.350 e. The summed E-state index contributed by atoms with van der Waals surface area (Å²) in [6.45, 7) is 1.96. The van der Waals surface area contributed by atoms with Gasteiger partial charge in [-0.3, -0.25) is 0 Å². The molecule has 0 spiro atoms. The van der Waals surface area contributed by atoms with Crippen LogP contribution in [0.4, 0.5) is 10.1 Å². The molecule has 1 heterocycles. The SMILES string of the molecule is CCOC(=O)C1CC(c2cc(N)c(F)cc2Cl)=NO1. The van der Waals surface area contributed by atoms with Crippen LogP contribution in [0.5, 0.6) is 0 Å². The van der Waals surface area contributed by atoms with Crippen molar-refractivity contribution in [3.05, 3.63) is 28.5 Å². The number of anilines is 1. The van der Waals surface area contributed by atoms with E-state index >= 15 is 0 Å². The molecule has 0 bridgehead atoms. The first kappa shape index (κ1) is 13.6. The molecule has 0 saturated carbocycles. The number of carbonyl (C=O) groups excluding carboxylic acids is 1. The summed E-state index contributed by atoms with van der Waals surface area (Å²) in [6, 6.07) is 2.47. The zero-order valence-electron chi connectivity index (χ0n) is 10.2. The van der Waals surface area contributed by atoms with E-state index in [0.29, 0.717) is 11.3 Å². The highest BCUT2D eigenvalue weighted by atomic mass is 35.5. The zero-order chi connectivity index (χ0) is 14.0. The molecule has 1 aromatic carbocycles. The molecule has 1 aliphatic heterocycles. The summed E-state index contributed by atoms with van der Waals surface area (Å²) < 4.78 is 18.0. The van der Waals surface area contributed by atoms with Crippen LogP contribution in [0.15, 0.2) is 17.3 Å². The van der Waals surface area contributed by atoms with Gasteiger partial charge in [-0.2, -0.15) is 0 Å². The van der Waals surface area contributed by atoms with Crippen molar-refractivity contribution in [3.8, 4) is 0 Å². The van der Waals surface area contributed by atoms with Crippen LogP contribution < -0.4 is 5.73 Å². The van der Waals surface area contributed by atoms with Crippen molar-refractivity contribution in [2.24, 2.45) is 5.16 Å². The summed E-state index contributed by atoms with van der Waals surface area (Å²) in [5, 5.41) is 3.94. The van der Waals surface area contributed by atoms with Gasteiger partial charge in [-0.05, 0) is 19.1 Å². The molecule has 2 N–H and O–H groups in total. The topological polar surface area (TPSA) is 73.9 Å². The second-order valence-electron chi connectivity index (χ2n) is 3.94. The van der Waals surface area contributed by atoms with E-state index in [1.807, 2.05) is 0 Å². The van der Waals surface area contributed by atoms with Crippen LogP contribution in [0, 0.1) is 5.82 Å². The van der Waals surface area contributed by atoms with Gasteiger partial charge >= 0.3 is 5.97 Å². The summed E-state index contributed by atoms with van der Waals surface area (Å²) in [7, 11) is 0. The molecule has 0 amide bonds. The molecular formula is C12H12ClFN2O3. The third-order valence-electron chi connectivity index (χ3n) is 2.62. The molecule has 2 rings (SSSR count). The van der Waals surface area contributed by atoms with Gasteiger partial charge in [0.15, 0.2) is 0 Å². The van der Waals surface area contributed by atoms with Gasteiger partial charge in [-0.15, -0.1) is 0 Å². The number of nitrogens with two attached hydrogens (primary N) is 1. The number of carbonyl (C=O) groups is 1. The fraction of sp³-hybridized carbons (Fsp3) is 0.333. The highest BCUT2D eigenvalue weighted by Crippen LogP contribution is 2.27. The number of ether oxygens (including phenoxy) is 1. The number of benzene rings is 1. The van der Waals surface area contributed by atoms with Crippen molar-refractivity contribution < 1.29 is 18.8 Å². The Labute approximate surface area is 114 Å². The van der Waals surface area contributed by atoms with Crippen molar-refractivity contribution in [1.29, 1.82) is 0 Å². The van der Waals surface area contributed by atoms with Gasteiger partial charge in [0, 0.05) is 12.0 Å². The molecule has 1 unspecified atom stereocenters. The van der Waals surface area contributed by atoms with Crippen LogP contribution in [-0.4, -0.2) is 24.4 Å². The maximum atomic E-state index is 13.2. The largest absolute Gasteiger partial charge is 0.463 e. The first-order chi connectivity index (χ1) is 9.02. The van der Waals surface area contributed by atoms with E-state index in [-0.39, 0.29) is 23.7 Å². The Hall–Kier alpha value is -1.82. The van der Waals surface area contributed by atoms with Crippen LogP contribution in [0.3, 0.4) is 0 Å². The third-order valence-corrected chi connectivity index (χ3v) is 2.93. The Morgan fingerprint density at radius 2 is 2.42 bits per heavy atom. The second kappa shape index (κ2) is 5.44. The predicted octanol–water partition coefficient (Wildman–Crippen LogP) is 2.12. The number of nitrogen functional groups attached to an aromatic ring is 1. The zero-order valence-corrected chi connectivity index (χ0v) is 10.9. The summed E-state index contributed by atoms with van der Waals surface area (Å²) in [5.41, 5.74) is 6.33. The van der Waals surface area contributed by atoms with Crippen LogP contribution in [0.2, 0.25) is 5.02 Å². The van der Waals surface area contributed by atoms with Gasteiger partial charge in [-0.25, -0.2) is 9.18 Å². The summed E-state index contributed by atoms with van der Waals surface area (Å²) in [5.74, 6) is -1.09. The normalized spacial score (nSPS) is 17.8. The Balaban J connectivity index is 2.17. The number of nitrogens with zero attached hydrogens (tertiary/aromatic N) is 1. The van der Waals surface area contributed by atoms with Gasteiger partial charge in [0.2, 0.25) is 6.10 Å². The first-order valence-electron chi connectivity index (χ1n) is 5.67. The number of halogens is 2. The van der Waals surface area contributed by atoms with E-state index in [9.17, 15) is 9.18 Å². The number of oxime groups is 1. The Bertz CT molecular complexity index is 548. The monoisotopic (exact) mass is 286 g/mol. The van der Waals surface area contributed by atoms with Crippen molar-refractivity contribution in [2.45, 2.75) is 19.4 Å². The molecule has 5 nitrogen and oxygen atoms in total. The molecule has 1 atom stereocenters. The van der Waals surface area contributed by atoms with E-state index in [1.54, 1.807) is 6.92 Å². The first-order valence-corrected chi connectivity index (χ1v) is 6.05. The highest BCUT2D eigenvalue weighted by Gasteiger charge is 2.31. The van der Waals surface area contributed by atoms with Crippen molar-refractivity contribution in [2.75, 3.05) is 12.3 Å². The van der Waals surface area contributed by atoms with Gasteiger partial charge in [-0.1, -0.05) is 16.8 Å². The third kappa shape index (κ3) is 2.78. The maximum absolute atomic E-state index is 13.2. The molecule has 0 aromatic heterocycles. The van der Waals surface area contributed by atoms with Crippen LogP contribution in [-0.2, 0) is 14.4 Å². The Morgan fingerprint density at radius 1 is 1.68 bits per heavy atom. The second-order valence-corrected chi connectivity index (χ2v) is 4.35. The van der Waals surface area contributed by atoms with E-state index in [0.717, 1.165) is 6.07 Å². The summed E-state index contributed by atoms with van der Waals surface area (Å²) in [6.07, 6.45) is -0.582. The lowest BCUT2D eigenvalue weighted by atomic mass is 10.0. The lowest BCUT2D eigenvalue weighted by molar-refractivity contribution is -0.154. The van der Waals surface area contributed by atoms with Crippen molar-refractivity contribution in [1.82, 2.24) is 0 Å². The highest BCUT2D eigenvalue weighted by molar-refractivity contribution is 6.34. The Morgan fingerprint density at radius 3 is 3.11 bits per heavy atom. The quantitative estimate of drug-likeness (QED) is 0.682. The lowest BCUT2D eigenvalue weighted by Gasteiger charge is -2.07. The fourth-order valence-corrected chi connectivity index (χ4v) is 1.94. The maximum Gasteiger partial charge on any atom is 0.350 e. The molecule has 0 radical (unpaired) electrons. The summed E-state index contributed by atoms with van der Waals surface area (Å²) in [4.78, 5) is 16.5. The van der Waals surface area contributed by atoms with Gasteiger partial charge in [0.05, 0.1) is 23.0 Å². The van der Waals surface area contributed by atoms with Crippen LogP contribution >= 0.6 is 11.6 Å². The molecule has 0 fully saturated rings.